The first-order chi connectivity index (χ1) is 9.02. The molecule has 0 unspecified atom stereocenters. The molecule has 2 rings (SSSR count). The molecule has 0 saturated carbocycles. The molecule has 0 aliphatic rings. The number of hydrogen-bond acceptors (Lipinski definition) is 5. The maximum Gasteiger partial charge on any atom is 0.347 e. The Morgan fingerprint density at radius 2 is 2.16 bits per heavy atom. The Morgan fingerprint density at radius 3 is 2.58 bits per heavy atom. The van der Waals surface area contributed by atoms with E-state index in [-0.39, 0.29) is 5.92 Å². The summed E-state index contributed by atoms with van der Waals surface area (Å²) in [5.41, 5.74) is 1.41. The van der Waals surface area contributed by atoms with Crippen molar-refractivity contribution in [2.45, 2.75) is 19.8 Å². The number of carbonyl (C=O) groups is 1. The summed E-state index contributed by atoms with van der Waals surface area (Å²) in [4.78, 5) is 20.0. The molecule has 2 aromatic heterocycles. The van der Waals surface area contributed by atoms with Crippen LogP contribution in [-0.2, 0) is 0 Å². The number of nitrogens with zero attached hydrogens (tertiary/aromatic N) is 2. The van der Waals surface area contributed by atoms with E-state index in [0.717, 1.165) is 5.56 Å². The van der Waals surface area contributed by atoms with Gasteiger partial charge in [-0.1, -0.05) is 13.8 Å². The average molecular weight is 278 g/mol. The van der Waals surface area contributed by atoms with Crippen LogP contribution in [0.4, 0.5) is 0 Å². The largest absolute Gasteiger partial charge is 0.481 e. The lowest BCUT2D eigenvalue weighted by molar-refractivity contribution is 0.0700. The Labute approximate surface area is 114 Å². The highest BCUT2D eigenvalue weighted by molar-refractivity contribution is 7.17. The summed E-state index contributed by atoms with van der Waals surface area (Å²) in [6.45, 7) is 3.86. The number of aromatic nitrogens is 2. The molecule has 19 heavy (non-hydrogen) atoms. The van der Waals surface area contributed by atoms with Crippen molar-refractivity contribution < 1.29 is 14.6 Å². The number of pyridine rings is 1. The fourth-order valence-electron chi connectivity index (χ4n) is 1.63. The number of carboxylic acid groups (broad SMARTS) is 1. The zero-order valence-electron chi connectivity index (χ0n) is 10.9. The van der Waals surface area contributed by atoms with E-state index in [1.165, 1.54) is 11.3 Å². The van der Waals surface area contributed by atoms with Crippen molar-refractivity contribution in [3.8, 4) is 16.5 Å². The second kappa shape index (κ2) is 5.36. The predicted molar refractivity (Wildman–Crippen MR) is 72.9 cm³/mol. The second-order valence-corrected chi connectivity index (χ2v) is 5.28. The van der Waals surface area contributed by atoms with Gasteiger partial charge < -0.3 is 9.84 Å². The average Bonchev–Trinajstić information content (AvgIpc) is 2.84. The smallest absolute Gasteiger partial charge is 0.347 e. The second-order valence-electron chi connectivity index (χ2n) is 4.28. The molecule has 0 aromatic carbocycles. The molecule has 0 bridgehead atoms. The van der Waals surface area contributed by atoms with Crippen LogP contribution < -0.4 is 4.74 Å². The molecule has 6 heteroatoms. The van der Waals surface area contributed by atoms with E-state index in [1.807, 2.05) is 19.9 Å². The van der Waals surface area contributed by atoms with E-state index < -0.39 is 5.97 Å². The Morgan fingerprint density at radius 1 is 1.42 bits per heavy atom. The maximum atomic E-state index is 11.2. The van der Waals surface area contributed by atoms with Crippen molar-refractivity contribution in [2.24, 2.45) is 0 Å². The van der Waals surface area contributed by atoms with Gasteiger partial charge in [0.15, 0.2) is 0 Å². The minimum atomic E-state index is -0.936. The summed E-state index contributed by atoms with van der Waals surface area (Å²) in [6, 6.07) is 3.55. The van der Waals surface area contributed by atoms with Gasteiger partial charge in [-0.3, -0.25) is 0 Å². The molecular weight excluding hydrogens is 264 g/mol. The normalized spacial score (nSPS) is 10.7. The van der Waals surface area contributed by atoms with E-state index in [9.17, 15) is 9.90 Å². The zero-order chi connectivity index (χ0) is 14.0. The highest BCUT2D eigenvalue weighted by atomic mass is 32.1. The van der Waals surface area contributed by atoms with Crippen LogP contribution in [0.5, 0.6) is 5.88 Å². The van der Waals surface area contributed by atoms with Gasteiger partial charge in [-0.05, 0) is 12.0 Å². The molecule has 100 valence electrons. The molecule has 0 saturated heterocycles. The molecule has 0 amide bonds. The number of carboxylic acids is 1. The van der Waals surface area contributed by atoms with Gasteiger partial charge in [0.2, 0.25) is 5.88 Å². The SMILES string of the molecule is COc1ccc(-c2nc(C(C)C)c(C(=O)O)s2)cn1. The molecule has 5 nitrogen and oxygen atoms in total. The minimum absolute atomic E-state index is 0.0716. The van der Waals surface area contributed by atoms with Crippen LogP contribution >= 0.6 is 11.3 Å². The molecule has 0 atom stereocenters. The summed E-state index contributed by atoms with van der Waals surface area (Å²) >= 11 is 1.17. The molecule has 2 heterocycles. The number of aromatic carboxylic acids is 1. The molecule has 2 aromatic rings. The number of thiazole rings is 1. The number of ether oxygens (including phenoxy) is 1. The van der Waals surface area contributed by atoms with Gasteiger partial charge in [-0.2, -0.15) is 0 Å². The summed E-state index contributed by atoms with van der Waals surface area (Å²) in [7, 11) is 1.55. The molecule has 0 radical (unpaired) electrons. The van der Waals surface area contributed by atoms with E-state index in [2.05, 4.69) is 9.97 Å². The van der Waals surface area contributed by atoms with Gasteiger partial charge >= 0.3 is 5.97 Å². The first-order valence-corrected chi connectivity index (χ1v) is 6.59. The Kier molecular flexibility index (Phi) is 3.80. The fourth-order valence-corrected chi connectivity index (χ4v) is 2.68. The Balaban J connectivity index is 2.44. The van der Waals surface area contributed by atoms with Gasteiger partial charge in [0.1, 0.15) is 9.88 Å². The van der Waals surface area contributed by atoms with Gasteiger partial charge in [-0.25, -0.2) is 14.8 Å². The van der Waals surface area contributed by atoms with Gasteiger partial charge in [0.05, 0.1) is 12.8 Å². The lowest BCUT2D eigenvalue weighted by Crippen LogP contribution is -2.00. The van der Waals surface area contributed by atoms with Crippen molar-refractivity contribution in [2.75, 3.05) is 7.11 Å². The van der Waals surface area contributed by atoms with E-state index in [1.54, 1.807) is 19.4 Å². The standard InChI is InChI=1S/C13H14N2O3S/c1-7(2)10-11(13(16)17)19-12(15-10)8-4-5-9(18-3)14-6-8/h4-7H,1-3H3,(H,16,17). The first kappa shape index (κ1) is 13.5. The molecule has 0 fully saturated rings. The van der Waals surface area contributed by atoms with Crippen LogP contribution in [0.2, 0.25) is 0 Å². The zero-order valence-corrected chi connectivity index (χ0v) is 11.7. The lowest BCUT2D eigenvalue weighted by atomic mass is 10.1. The van der Waals surface area contributed by atoms with Gasteiger partial charge in [-0.15, -0.1) is 11.3 Å². The number of hydrogen-bond donors (Lipinski definition) is 1. The van der Waals surface area contributed by atoms with Crippen LogP contribution in [0.15, 0.2) is 18.3 Å². The third-order valence-corrected chi connectivity index (χ3v) is 3.70. The predicted octanol–water partition coefficient (Wildman–Crippen LogP) is 3.04. The molecular formula is C13H14N2O3S. The van der Waals surface area contributed by atoms with Crippen LogP contribution in [0, 0.1) is 0 Å². The highest BCUT2D eigenvalue weighted by Gasteiger charge is 2.20. The van der Waals surface area contributed by atoms with Crippen molar-refractivity contribution >= 4 is 17.3 Å². The third-order valence-electron chi connectivity index (χ3n) is 2.59. The molecule has 0 aliphatic carbocycles. The van der Waals surface area contributed by atoms with E-state index >= 15 is 0 Å². The third kappa shape index (κ3) is 2.73. The van der Waals surface area contributed by atoms with Crippen molar-refractivity contribution in [1.82, 2.24) is 9.97 Å². The number of rotatable bonds is 4. The van der Waals surface area contributed by atoms with E-state index in [4.69, 9.17) is 4.74 Å². The summed E-state index contributed by atoms with van der Waals surface area (Å²) in [5.74, 6) is -0.348. The van der Waals surface area contributed by atoms with Crippen LogP contribution in [0.3, 0.4) is 0 Å². The first-order valence-electron chi connectivity index (χ1n) is 5.77. The topological polar surface area (TPSA) is 72.3 Å². The maximum absolute atomic E-state index is 11.2. The quantitative estimate of drug-likeness (QED) is 0.930. The monoisotopic (exact) mass is 278 g/mol. The Hall–Kier alpha value is -1.95. The van der Waals surface area contributed by atoms with E-state index in [0.29, 0.717) is 21.5 Å². The van der Waals surface area contributed by atoms with Crippen LogP contribution in [0.1, 0.15) is 35.1 Å². The van der Waals surface area contributed by atoms with Crippen LogP contribution in [-0.4, -0.2) is 28.2 Å². The molecule has 1 N–H and O–H groups in total. The van der Waals surface area contributed by atoms with Crippen molar-refractivity contribution in [1.29, 1.82) is 0 Å². The summed E-state index contributed by atoms with van der Waals surface area (Å²) in [6.07, 6.45) is 1.63. The molecule has 0 aliphatic heterocycles. The number of methoxy groups -OCH3 is 1. The minimum Gasteiger partial charge on any atom is -0.481 e. The highest BCUT2D eigenvalue weighted by Crippen LogP contribution is 2.31. The lowest BCUT2D eigenvalue weighted by Gasteiger charge is -2.01. The van der Waals surface area contributed by atoms with Crippen molar-refractivity contribution in [3.63, 3.8) is 0 Å². The fraction of sp³-hybridized carbons (Fsp3) is 0.308. The van der Waals surface area contributed by atoms with Crippen molar-refractivity contribution in [3.05, 3.63) is 28.9 Å². The summed E-state index contributed by atoms with van der Waals surface area (Å²) < 4.78 is 4.99. The summed E-state index contributed by atoms with van der Waals surface area (Å²) in [5, 5.41) is 9.85. The molecule has 0 spiro atoms. The van der Waals surface area contributed by atoms with Gasteiger partial charge in [0, 0.05) is 17.8 Å². The van der Waals surface area contributed by atoms with Gasteiger partial charge in [0.25, 0.3) is 0 Å². The van der Waals surface area contributed by atoms with Crippen LogP contribution in [0.25, 0.3) is 10.6 Å². The Bertz CT molecular complexity index is 590.